The maximum Gasteiger partial charge on any atom is 0.325 e. The van der Waals surface area contributed by atoms with Gasteiger partial charge in [-0.2, -0.15) is 0 Å². The molecule has 1 aromatic carbocycles. The summed E-state index contributed by atoms with van der Waals surface area (Å²) in [4.78, 5) is 35.1. The molecule has 0 saturated carbocycles. The van der Waals surface area contributed by atoms with Crippen molar-refractivity contribution in [1.82, 2.24) is 20.0 Å². The van der Waals surface area contributed by atoms with Crippen LogP contribution in [0.2, 0.25) is 10.0 Å². The normalized spacial score (nSPS) is 25.6. The van der Waals surface area contributed by atoms with E-state index in [-0.39, 0.29) is 5.91 Å². The first-order valence-electron chi connectivity index (χ1n) is 9.09. The summed E-state index contributed by atoms with van der Waals surface area (Å²) >= 11 is 12.4. The van der Waals surface area contributed by atoms with E-state index in [0.29, 0.717) is 36.3 Å². The summed E-state index contributed by atoms with van der Waals surface area (Å²) in [7, 11) is 1.65. The molecule has 0 aliphatic carbocycles. The lowest BCUT2D eigenvalue weighted by Crippen LogP contribution is -2.63. The van der Waals surface area contributed by atoms with E-state index in [1.54, 1.807) is 19.2 Å². The molecule has 4 rings (SSSR count). The molecular formula is C18H21Cl2N5O3. The van der Waals surface area contributed by atoms with Crippen LogP contribution in [0.3, 0.4) is 0 Å². The fraction of sp³-hybridized carbons (Fsp3) is 0.500. The zero-order valence-electron chi connectivity index (χ0n) is 15.4. The number of amides is 3. The number of ether oxygens (including phenoxy) is 1. The van der Waals surface area contributed by atoms with E-state index in [1.807, 2.05) is 11.0 Å². The summed E-state index contributed by atoms with van der Waals surface area (Å²) in [6.45, 7) is 3.91. The second-order valence-corrected chi connectivity index (χ2v) is 7.90. The minimum Gasteiger partial charge on any atom is -0.379 e. The summed E-state index contributed by atoms with van der Waals surface area (Å²) in [5.74, 6) is 0.415. The molecule has 2 atom stereocenters. The predicted molar refractivity (Wildman–Crippen MR) is 106 cm³/mol. The third-order valence-electron chi connectivity index (χ3n) is 5.27. The van der Waals surface area contributed by atoms with E-state index < -0.39 is 18.2 Å². The molecule has 0 radical (unpaired) electrons. The van der Waals surface area contributed by atoms with Crippen molar-refractivity contribution >= 4 is 41.0 Å². The van der Waals surface area contributed by atoms with Gasteiger partial charge in [-0.05, 0) is 17.7 Å². The van der Waals surface area contributed by atoms with Gasteiger partial charge >= 0.3 is 6.03 Å². The van der Waals surface area contributed by atoms with Crippen LogP contribution in [-0.4, -0.2) is 84.6 Å². The number of fused-ring (bicyclic) bond motifs is 1. The molecule has 10 heteroatoms. The van der Waals surface area contributed by atoms with E-state index in [2.05, 4.69) is 10.2 Å². The van der Waals surface area contributed by atoms with Gasteiger partial charge in [-0.3, -0.25) is 15.0 Å². The Morgan fingerprint density at radius 2 is 1.96 bits per heavy atom. The number of nitrogens with zero attached hydrogens (tertiary/aromatic N) is 4. The first kappa shape index (κ1) is 19.4. The second kappa shape index (κ2) is 7.87. The number of halogens is 2. The van der Waals surface area contributed by atoms with Gasteiger partial charge in [-0.25, -0.2) is 9.79 Å². The summed E-state index contributed by atoms with van der Waals surface area (Å²) in [5, 5.41) is 3.49. The minimum atomic E-state index is -0.592. The fourth-order valence-corrected chi connectivity index (χ4v) is 4.16. The molecule has 0 bridgehead atoms. The molecule has 2 fully saturated rings. The molecule has 3 aliphatic heterocycles. The van der Waals surface area contributed by atoms with Gasteiger partial charge in [0, 0.05) is 36.7 Å². The number of carbonyl (C=O) groups excluding carboxylic acids is 2. The van der Waals surface area contributed by atoms with Crippen molar-refractivity contribution in [2.75, 3.05) is 39.9 Å². The standard InChI is InChI=1S/C18H21Cl2N5O3/c1-23-16-15(17(26)22-18(23)27)25(9-11-2-3-12(19)8-13(11)20)14(21-16)10-24-4-6-28-7-5-24/h2-3,8,15-16H,4-7,9-10H2,1H3,(H,22,26,27). The van der Waals surface area contributed by atoms with Gasteiger partial charge in [-0.15, -0.1) is 0 Å². The van der Waals surface area contributed by atoms with Gasteiger partial charge in [0.1, 0.15) is 5.84 Å². The largest absolute Gasteiger partial charge is 0.379 e. The third kappa shape index (κ3) is 3.69. The number of nitrogens with one attached hydrogen (secondary N) is 1. The number of aliphatic imine (C=N–C) groups is 1. The van der Waals surface area contributed by atoms with Gasteiger partial charge in [-0.1, -0.05) is 29.3 Å². The number of benzene rings is 1. The number of rotatable bonds is 4. The monoisotopic (exact) mass is 425 g/mol. The predicted octanol–water partition coefficient (Wildman–Crippen LogP) is 1.42. The number of hydrogen-bond donors (Lipinski definition) is 1. The number of hydrogen-bond acceptors (Lipinski definition) is 6. The molecule has 3 aliphatic rings. The Morgan fingerprint density at radius 3 is 2.68 bits per heavy atom. The van der Waals surface area contributed by atoms with Gasteiger partial charge in [0.2, 0.25) is 0 Å². The Bertz CT molecular complexity index is 827. The number of carbonyl (C=O) groups is 2. The zero-order valence-corrected chi connectivity index (χ0v) is 16.9. The highest BCUT2D eigenvalue weighted by atomic mass is 35.5. The highest BCUT2D eigenvalue weighted by molar-refractivity contribution is 6.35. The Kier molecular flexibility index (Phi) is 5.46. The molecular weight excluding hydrogens is 405 g/mol. The lowest BCUT2D eigenvalue weighted by Gasteiger charge is -2.37. The van der Waals surface area contributed by atoms with Crippen molar-refractivity contribution < 1.29 is 14.3 Å². The lowest BCUT2D eigenvalue weighted by atomic mass is 10.1. The Labute approximate surface area is 173 Å². The average Bonchev–Trinajstić information content (AvgIpc) is 3.01. The molecule has 150 valence electrons. The highest BCUT2D eigenvalue weighted by Gasteiger charge is 2.48. The minimum absolute atomic E-state index is 0.348. The summed E-state index contributed by atoms with van der Waals surface area (Å²) in [6.07, 6.45) is -0.552. The first-order chi connectivity index (χ1) is 13.4. The topological polar surface area (TPSA) is 77.5 Å². The molecule has 0 spiro atoms. The quantitative estimate of drug-likeness (QED) is 0.788. The van der Waals surface area contributed by atoms with Crippen LogP contribution in [0, 0.1) is 0 Å². The number of urea groups is 1. The van der Waals surface area contributed by atoms with Gasteiger partial charge in [0.05, 0.1) is 19.8 Å². The van der Waals surface area contributed by atoms with Gasteiger partial charge in [0.25, 0.3) is 5.91 Å². The molecule has 3 heterocycles. The fourth-order valence-electron chi connectivity index (χ4n) is 3.70. The smallest absolute Gasteiger partial charge is 0.325 e. The summed E-state index contributed by atoms with van der Waals surface area (Å²) in [6, 6.07) is 4.27. The summed E-state index contributed by atoms with van der Waals surface area (Å²) < 4.78 is 5.41. The molecule has 2 saturated heterocycles. The van der Waals surface area contributed by atoms with Crippen LogP contribution in [0.15, 0.2) is 23.2 Å². The second-order valence-electron chi connectivity index (χ2n) is 7.06. The van der Waals surface area contributed by atoms with Crippen LogP contribution in [0.4, 0.5) is 4.79 Å². The van der Waals surface area contributed by atoms with Crippen molar-refractivity contribution in [2.45, 2.75) is 18.8 Å². The van der Waals surface area contributed by atoms with Crippen molar-refractivity contribution in [2.24, 2.45) is 4.99 Å². The number of likely N-dealkylation sites (N-methyl/N-ethyl adjacent to an activating group) is 1. The van der Waals surface area contributed by atoms with Crippen molar-refractivity contribution in [3.63, 3.8) is 0 Å². The van der Waals surface area contributed by atoms with Crippen LogP contribution >= 0.6 is 23.2 Å². The highest BCUT2D eigenvalue weighted by Crippen LogP contribution is 2.29. The van der Waals surface area contributed by atoms with Crippen LogP contribution in [0.5, 0.6) is 0 Å². The average molecular weight is 426 g/mol. The molecule has 8 nitrogen and oxygen atoms in total. The third-order valence-corrected chi connectivity index (χ3v) is 5.86. The number of imide groups is 1. The molecule has 28 heavy (non-hydrogen) atoms. The van der Waals surface area contributed by atoms with Crippen LogP contribution in [0.25, 0.3) is 0 Å². The maximum atomic E-state index is 12.6. The Balaban J connectivity index is 1.63. The van der Waals surface area contributed by atoms with Crippen LogP contribution in [0.1, 0.15) is 5.56 Å². The number of amidine groups is 1. The Morgan fingerprint density at radius 1 is 1.21 bits per heavy atom. The Hall–Kier alpha value is -1.87. The van der Waals surface area contributed by atoms with Crippen molar-refractivity contribution in [1.29, 1.82) is 0 Å². The maximum absolute atomic E-state index is 12.6. The van der Waals surface area contributed by atoms with E-state index in [1.165, 1.54) is 4.90 Å². The molecule has 3 amide bonds. The van der Waals surface area contributed by atoms with E-state index in [9.17, 15) is 9.59 Å². The molecule has 0 aromatic heterocycles. The first-order valence-corrected chi connectivity index (χ1v) is 9.84. The lowest BCUT2D eigenvalue weighted by molar-refractivity contribution is -0.127. The molecule has 1 N–H and O–H groups in total. The van der Waals surface area contributed by atoms with Crippen LogP contribution in [-0.2, 0) is 16.1 Å². The summed E-state index contributed by atoms with van der Waals surface area (Å²) in [5.41, 5.74) is 0.841. The zero-order chi connectivity index (χ0) is 19.8. The van der Waals surface area contributed by atoms with Crippen molar-refractivity contribution in [3.8, 4) is 0 Å². The van der Waals surface area contributed by atoms with E-state index in [0.717, 1.165) is 24.5 Å². The van der Waals surface area contributed by atoms with Gasteiger partial charge in [0.15, 0.2) is 12.2 Å². The van der Waals surface area contributed by atoms with Gasteiger partial charge < -0.3 is 14.5 Å². The van der Waals surface area contributed by atoms with E-state index in [4.69, 9.17) is 32.9 Å². The SMILES string of the molecule is CN1C(=O)NC(=O)C2C1N=C(CN1CCOCC1)N2Cc1ccc(Cl)cc1Cl. The van der Waals surface area contributed by atoms with Crippen LogP contribution < -0.4 is 5.32 Å². The molecule has 1 aromatic rings. The molecule has 2 unspecified atom stereocenters. The van der Waals surface area contributed by atoms with E-state index >= 15 is 0 Å². The van der Waals surface area contributed by atoms with Crippen molar-refractivity contribution in [3.05, 3.63) is 33.8 Å². The number of morpholine rings is 1.